The molecule has 0 radical (unpaired) electrons. The lowest BCUT2D eigenvalue weighted by Crippen LogP contribution is -2.41. The van der Waals surface area contributed by atoms with Gasteiger partial charge in [0, 0.05) is 24.5 Å². The van der Waals surface area contributed by atoms with Crippen LogP contribution in [0.5, 0.6) is 5.75 Å². The van der Waals surface area contributed by atoms with Crippen molar-refractivity contribution >= 4 is 5.91 Å². The molecule has 1 aromatic carbocycles. The second-order valence-corrected chi connectivity index (χ2v) is 6.21. The minimum absolute atomic E-state index is 0.0211. The molecule has 1 aliphatic rings. The van der Waals surface area contributed by atoms with Gasteiger partial charge in [-0.1, -0.05) is 12.1 Å². The summed E-state index contributed by atoms with van der Waals surface area (Å²) in [4.78, 5) is 41.7. The van der Waals surface area contributed by atoms with Gasteiger partial charge in [0.25, 0.3) is 11.5 Å². The summed E-state index contributed by atoms with van der Waals surface area (Å²) in [5, 5.41) is 0. The van der Waals surface area contributed by atoms with Crippen LogP contribution in [-0.2, 0) is 17.8 Å². The minimum atomic E-state index is -0.527. The number of hydrogen-bond donors (Lipinski definition) is 1. The van der Waals surface area contributed by atoms with Gasteiger partial charge >= 0.3 is 0 Å². The van der Waals surface area contributed by atoms with E-state index in [2.05, 4.69) is 19.9 Å². The van der Waals surface area contributed by atoms with Gasteiger partial charge < -0.3 is 14.6 Å². The Labute approximate surface area is 159 Å². The summed E-state index contributed by atoms with van der Waals surface area (Å²) in [6.45, 7) is 0.240. The monoisotopic (exact) mass is 381 g/mol. The summed E-state index contributed by atoms with van der Waals surface area (Å²) in [6, 6.07) is 5.90. The van der Waals surface area contributed by atoms with Crippen LogP contribution in [0.15, 0.2) is 47.7 Å². The Balaban J connectivity index is 1.51. The molecule has 9 heteroatoms. The second-order valence-electron chi connectivity index (χ2n) is 6.21. The highest BCUT2D eigenvalue weighted by Gasteiger charge is 2.25. The number of rotatable bonds is 4. The van der Waals surface area contributed by atoms with Gasteiger partial charge in [0.15, 0.2) is 24.0 Å². The average Bonchev–Trinajstić information content (AvgIpc) is 2.73. The van der Waals surface area contributed by atoms with Gasteiger partial charge in [0.05, 0.1) is 18.4 Å². The van der Waals surface area contributed by atoms with Crippen molar-refractivity contribution < 1.29 is 13.9 Å². The SMILES string of the molecule is O=C(COc1ccccc1F)N1CCc2c(nc(-c3cnccn3)[nH]c2=O)C1. The molecule has 2 aromatic heterocycles. The highest BCUT2D eigenvalue weighted by atomic mass is 19.1. The zero-order valence-corrected chi connectivity index (χ0v) is 14.8. The number of benzene rings is 1. The molecule has 0 aliphatic carbocycles. The Morgan fingerprint density at radius 3 is 2.93 bits per heavy atom. The van der Waals surface area contributed by atoms with E-state index in [1.165, 1.54) is 35.6 Å². The number of carbonyl (C=O) groups excluding carboxylic acids is 1. The normalized spacial score (nSPS) is 13.1. The fourth-order valence-electron chi connectivity index (χ4n) is 2.99. The lowest BCUT2D eigenvalue weighted by Gasteiger charge is -2.27. The highest BCUT2D eigenvalue weighted by Crippen LogP contribution is 2.18. The number of hydrogen-bond acceptors (Lipinski definition) is 6. The summed E-state index contributed by atoms with van der Waals surface area (Å²) in [7, 11) is 0. The first-order valence-corrected chi connectivity index (χ1v) is 8.65. The molecule has 0 saturated heterocycles. The summed E-state index contributed by atoms with van der Waals surface area (Å²) in [5.74, 6) is -0.514. The first-order valence-electron chi connectivity index (χ1n) is 8.65. The molecule has 28 heavy (non-hydrogen) atoms. The van der Waals surface area contributed by atoms with Gasteiger partial charge in [-0.25, -0.2) is 14.4 Å². The lowest BCUT2D eigenvalue weighted by molar-refractivity contribution is -0.134. The topological polar surface area (TPSA) is 101 Å². The van der Waals surface area contributed by atoms with Crippen LogP contribution >= 0.6 is 0 Å². The molecule has 1 aliphatic heterocycles. The second kappa shape index (κ2) is 7.55. The third kappa shape index (κ3) is 3.59. The van der Waals surface area contributed by atoms with Crippen LogP contribution in [0.2, 0.25) is 0 Å². The molecule has 8 nitrogen and oxygen atoms in total. The third-order valence-electron chi connectivity index (χ3n) is 4.42. The van der Waals surface area contributed by atoms with Crippen molar-refractivity contribution in [3.8, 4) is 17.3 Å². The van der Waals surface area contributed by atoms with Crippen LogP contribution < -0.4 is 10.3 Å². The molecule has 0 unspecified atom stereocenters. The largest absolute Gasteiger partial charge is 0.481 e. The van der Waals surface area contributed by atoms with Crippen molar-refractivity contribution in [2.75, 3.05) is 13.2 Å². The number of carbonyl (C=O) groups is 1. The van der Waals surface area contributed by atoms with Gasteiger partial charge in [-0.2, -0.15) is 0 Å². The first kappa shape index (κ1) is 17.8. The van der Waals surface area contributed by atoms with Crippen LogP contribution in [0.25, 0.3) is 11.5 Å². The number of halogens is 1. The Kier molecular flexibility index (Phi) is 4.79. The summed E-state index contributed by atoms with van der Waals surface area (Å²) >= 11 is 0. The van der Waals surface area contributed by atoms with Crippen molar-refractivity contribution in [3.63, 3.8) is 0 Å². The van der Waals surface area contributed by atoms with E-state index in [0.29, 0.717) is 35.7 Å². The molecule has 0 atom stereocenters. The van der Waals surface area contributed by atoms with Crippen molar-refractivity contribution in [2.45, 2.75) is 13.0 Å². The standard InChI is InChI=1S/C19H16FN5O3/c20-13-3-1-2-4-16(13)28-11-17(26)25-8-5-12-15(10-25)23-18(24-19(12)27)14-9-21-6-7-22-14/h1-4,6-7,9H,5,8,10-11H2,(H,23,24,27). The Morgan fingerprint density at radius 1 is 1.29 bits per heavy atom. The Bertz CT molecular complexity index is 1070. The molecular formula is C19H16FN5O3. The molecule has 0 fully saturated rings. The Hall–Kier alpha value is -3.62. The average molecular weight is 381 g/mol. The summed E-state index contributed by atoms with van der Waals surface area (Å²) in [6.07, 6.45) is 4.91. The van der Waals surface area contributed by atoms with E-state index in [-0.39, 0.29) is 30.4 Å². The van der Waals surface area contributed by atoms with Crippen molar-refractivity contribution in [1.82, 2.24) is 24.8 Å². The summed E-state index contributed by atoms with van der Waals surface area (Å²) in [5.41, 5.74) is 1.25. The molecule has 0 bridgehead atoms. The van der Waals surface area contributed by atoms with Crippen LogP contribution in [0.4, 0.5) is 4.39 Å². The number of ether oxygens (including phenoxy) is 1. The van der Waals surface area contributed by atoms with Crippen molar-refractivity contribution in [1.29, 1.82) is 0 Å². The maximum atomic E-state index is 13.6. The number of fused-ring (bicyclic) bond motifs is 1. The van der Waals surface area contributed by atoms with E-state index in [4.69, 9.17) is 4.74 Å². The van der Waals surface area contributed by atoms with Crippen LogP contribution in [0, 0.1) is 5.82 Å². The fourth-order valence-corrected chi connectivity index (χ4v) is 2.99. The molecule has 0 saturated carbocycles. The van der Waals surface area contributed by atoms with E-state index in [9.17, 15) is 14.0 Å². The van der Waals surface area contributed by atoms with Gasteiger partial charge in [-0.3, -0.25) is 14.6 Å². The number of amides is 1. The predicted molar refractivity (Wildman–Crippen MR) is 96.9 cm³/mol. The van der Waals surface area contributed by atoms with E-state index in [1.807, 2.05) is 0 Å². The van der Waals surface area contributed by atoms with E-state index in [0.717, 1.165) is 0 Å². The number of nitrogens with zero attached hydrogens (tertiary/aromatic N) is 4. The Morgan fingerprint density at radius 2 is 2.14 bits per heavy atom. The molecule has 1 N–H and O–H groups in total. The quantitative estimate of drug-likeness (QED) is 0.732. The minimum Gasteiger partial charge on any atom is -0.481 e. The molecule has 1 amide bonds. The third-order valence-corrected chi connectivity index (χ3v) is 4.42. The smallest absolute Gasteiger partial charge is 0.260 e. The van der Waals surface area contributed by atoms with Gasteiger partial charge in [0.2, 0.25) is 0 Å². The molecular weight excluding hydrogens is 365 g/mol. The summed E-state index contributed by atoms with van der Waals surface area (Å²) < 4.78 is 18.9. The predicted octanol–water partition coefficient (Wildman–Crippen LogP) is 1.33. The number of para-hydroxylation sites is 1. The van der Waals surface area contributed by atoms with Crippen LogP contribution in [0.3, 0.4) is 0 Å². The van der Waals surface area contributed by atoms with E-state index >= 15 is 0 Å². The maximum Gasteiger partial charge on any atom is 0.260 e. The molecule has 3 aromatic rings. The van der Waals surface area contributed by atoms with Crippen molar-refractivity contribution in [2.24, 2.45) is 0 Å². The van der Waals surface area contributed by atoms with E-state index < -0.39 is 5.82 Å². The zero-order chi connectivity index (χ0) is 19.5. The van der Waals surface area contributed by atoms with Crippen LogP contribution in [0.1, 0.15) is 11.3 Å². The fraction of sp³-hybridized carbons (Fsp3) is 0.211. The number of nitrogens with one attached hydrogen (secondary N) is 1. The first-order chi connectivity index (χ1) is 13.6. The molecule has 0 spiro atoms. The van der Waals surface area contributed by atoms with E-state index in [1.54, 1.807) is 12.1 Å². The molecule has 4 rings (SSSR count). The highest BCUT2D eigenvalue weighted by molar-refractivity contribution is 5.78. The van der Waals surface area contributed by atoms with Crippen molar-refractivity contribution in [3.05, 3.63) is 70.3 Å². The molecule has 142 valence electrons. The molecule has 3 heterocycles. The zero-order valence-electron chi connectivity index (χ0n) is 14.8. The number of H-pyrrole nitrogens is 1. The number of aromatic amines is 1. The lowest BCUT2D eigenvalue weighted by atomic mass is 10.1. The number of aromatic nitrogens is 4. The van der Waals surface area contributed by atoms with Gasteiger partial charge in [-0.15, -0.1) is 0 Å². The maximum absolute atomic E-state index is 13.6. The van der Waals surface area contributed by atoms with Gasteiger partial charge in [-0.05, 0) is 18.6 Å². The van der Waals surface area contributed by atoms with Crippen LogP contribution in [-0.4, -0.2) is 43.9 Å². The van der Waals surface area contributed by atoms with Gasteiger partial charge in [0.1, 0.15) is 5.69 Å².